The third kappa shape index (κ3) is 3.63. The van der Waals surface area contributed by atoms with Gasteiger partial charge in [-0.1, -0.05) is 41.3 Å². The number of sulfonamides is 1. The molecule has 0 heterocycles. The van der Waals surface area contributed by atoms with Gasteiger partial charge in [0.15, 0.2) is 0 Å². The van der Waals surface area contributed by atoms with Crippen LogP contribution in [0.2, 0.25) is 0 Å². The SMILES string of the molecule is Cc1ccc(F)cc1S(=O)(=O)NOCc1ccccc1. The Balaban J connectivity index is 2.06. The highest BCUT2D eigenvalue weighted by atomic mass is 32.2. The molecule has 20 heavy (non-hydrogen) atoms. The van der Waals surface area contributed by atoms with Gasteiger partial charge in [-0.25, -0.2) is 12.8 Å². The summed E-state index contributed by atoms with van der Waals surface area (Å²) >= 11 is 0. The van der Waals surface area contributed by atoms with Crippen molar-refractivity contribution in [3.05, 3.63) is 65.5 Å². The Hall–Kier alpha value is -1.76. The Morgan fingerprint density at radius 1 is 1.15 bits per heavy atom. The molecule has 6 heteroatoms. The lowest BCUT2D eigenvalue weighted by molar-refractivity contribution is 0.0795. The van der Waals surface area contributed by atoms with E-state index in [0.29, 0.717) is 5.56 Å². The average Bonchev–Trinajstić information content (AvgIpc) is 2.42. The molecule has 2 rings (SSSR count). The molecule has 0 saturated heterocycles. The number of hydrogen-bond donors (Lipinski definition) is 1. The van der Waals surface area contributed by atoms with Gasteiger partial charge in [-0.3, -0.25) is 4.84 Å². The first-order valence-corrected chi connectivity index (χ1v) is 7.41. The summed E-state index contributed by atoms with van der Waals surface area (Å²) in [7, 11) is -3.90. The molecule has 0 fully saturated rings. The molecule has 0 aliphatic heterocycles. The number of rotatable bonds is 5. The monoisotopic (exact) mass is 295 g/mol. The van der Waals surface area contributed by atoms with Crippen LogP contribution in [0.15, 0.2) is 53.4 Å². The van der Waals surface area contributed by atoms with E-state index >= 15 is 0 Å². The molecule has 0 spiro atoms. The molecule has 1 N–H and O–H groups in total. The first-order valence-electron chi connectivity index (χ1n) is 5.93. The second-order valence-electron chi connectivity index (χ2n) is 4.27. The van der Waals surface area contributed by atoms with Crippen LogP contribution >= 0.6 is 0 Å². The number of hydrogen-bond acceptors (Lipinski definition) is 3. The van der Waals surface area contributed by atoms with Crippen molar-refractivity contribution >= 4 is 10.0 Å². The van der Waals surface area contributed by atoms with Crippen LogP contribution in [0.1, 0.15) is 11.1 Å². The summed E-state index contributed by atoms with van der Waals surface area (Å²) in [5, 5.41) is 0. The molecule has 0 unspecified atom stereocenters. The Morgan fingerprint density at radius 2 is 1.85 bits per heavy atom. The van der Waals surface area contributed by atoms with E-state index in [2.05, 4.69) is 0 Å². The smallest absolute Gasteiger partial charge is 0.262 e. The number of halogens is 1. The van der Waals surface area contributed by atoms with Gasteiger partial charge in [-0.2, -0.15) is 0 Å². The van der Waals surface area contributed by atoms with E-state index in [-0.39, 0.29) is 11.5 Å². The van der Waals surface area contributed by atoms with Crippen LogP contribution in [-0.4, -0.2) is 8.42 Å². The zero-order valence-electron chi connectivity index (χ0n) is 10.8. The first-order chi connectivity index (χ1) is 9.49. The molecule has 0 atom stereocenters. The molecule has 0 saturated carbocycles. The van der Waals surface area contributed by atoms with Crippen LogP contribution in [0.4, 0.5) is 4.39 Å². The number of benzene rings is 2. The summed E-state index contributed by atoms with van der Waals surface area (Å²) in [6.45, 7) is 1.68. The fourth-order valence-electron chi connectivity index (χ4n) is 1.67. The van der Waals surface area contributed by atoms with Crippen molar-refractivity contribution in [3.8, 4) is 0 Å². The van der Waals surface area contributed by atoms with E-state index in [1.165, 1.54) is 12.1 Å². The minimum Gasteiger partial charge on any atom is -0.282 e. The third-order valence-electron chi connectivity index (χ3n) is 2.69. The quantitative estimate of drug-likeness (QED) is 0.862. The molecule has 2 aromatic rings. The molecule has 106 valence electrons. The predicted octanol–water partition coefficient (Wildman–Crippen LogP) is 2.54. The molecule has 0 aliphatic carbocycles. The highest BCUT2D eigenvalue weighted by molar-refractivity contribution is 7.89. The molecule has 0 aliphatic rings. The largest absolute Gasteiger partial charge is 0.282 e. The topological polar surface area (TPSA) is 55.4 Å². The Bertz CT molecular complexity index is 687. The zero-order chi connectivity index (χ0) is 14.6. The molecule has 0 aromatic heterocycles. The van der Waals surface area contributed by atoms with Crippen molar-refractivity contribution in [2.75, 3.05) is 0 Å². The van der Waals surface area contributed by atoms with Crippen LogP contribution in [0, 0.1) is 12.7 Å². The minimum atomic E-state index is -3.90. The minimum absolute atomic E-state index is 0.0917. The molecule has 0 radical (unpaired) electrons. The Labute approximate surface area is 117 Å². The van der Waals surface area contributed by atoms with Crippen molar-refractivity contribution in [2.45, 2.75) is 18.4 Å². The lowest BCUT2D eigenvalue weighted by Gasteiger charge is -2.09. The van der Waals surface area contributed by atoms with E-state index < -0.39 is 15.8 Å². The van der Waals surface area contributed by atoms with E-state index in [0.717, 1.165) is 11.6 Å². The van der Waals surface area contributed by atoms with Crippen LogP contribution < -0.4 is 4.89 Å². The van der Waals surface area contributed by atoms with E-state index in [1.807, 2.05) is 35.2 Å². The fourth-order valence-corrected chi connectivity index (χ4v) is 2.74. The lowest BCUT2D eigenvalue weighted by atomic mass is 10.2. The van der Waals surface area contributed by atoms with Crippen molar-refractivity contribution in [3.63, 3.8) is 0 Å². The summed E-state index contributed by atoms with van der Waals surface area (Å²) in [5.74, 6) is -0.612. The molecule has 0 amide bonds. The maximum atomic E-state index is 13.1. The fraction of sp³-hybridized carbons (Fsp3) is 0.143. The highest BCUT2D eigenvalue weighted by Crippen LogP contribution is 2.16. The lowest BCUT2D eigenvalue weighted by Crippen LogP contribution is -2.24. The van der Waals surface area contributed by atoms with Gasteiger partial charge < -0.3 is 0 Å². The maximum absolute atomic E-state index is 13.1. The van der Waals surface area contributed by atoms with E-state index in [1.54, 1.807) is 6.92 Å². The summed E-state index contributed by atoms with van der Waals surface area (Å²) in [6, 6.07) is 12.7. The second kappa shape index (κ2) is 6.13. The van der Waals surface area contributed by atoms with Crippen LogP contribution in [-0.2, 0) is 21.5 Å². The van der Waals surface area contributed by atoms with Gasteiger partial charge >= 0.3 is 0 Å². The molecular weight excluding hydrogens is 281 g/mol. The van der Waals surface area contributed by atoms with Crippen LogP contribution in [0.5, 0.6) is 0 Å². The van der Waals surface area contributed by atoms with Gasteiger partial charge in [-0.15, -0.1) is 0 Å². The van der Waals surface area contributed by atoms with E-state index in [4.69, 9.17) is 4.84 Å². The van der Waals surface area contributed by atoms with Crippen molar-refractivity contribution in [2.24, 2.45) is 0 Å². The van der Waals surface area contributed by atoms with Gasteiger partial charge in [-0.05, 0) is 30.2 Å². The van der Waals surface area contributed by atoms with Gasteiger partial charge in [0, 0.05) is 0 Å². The molecule has 4 nitrogen and oxygen atoms in total. The third-order valence-corrected chi connectivity index (χ3v) is 4.05. The summed E-state index contributed by atoms with van der Waals surface area (Å²) in [6.07, 6.45) is 0. The van der Waals surface area contributed by atoms with Crippen LogP contribution in [0.3, 0.4) is 0 Å². The highest BCUT2D eigenvalue weighted by Gasteiger charge is 2.17. The van der Waals surface area contributed by atoms with Gasteiger partial charge in [0.2, 0.25) is 0 Å². The predicted molar refractivity (Wildman–Crippen MR) is 72.7 cm³/mol. The number of aryl methyl sites for hydroxylation is 1. The van der Waals surface area contributed by atoms with Crippen LogP contribution in [0.25, 0.3) is 0 Å². The first kappa shape index (κ1) is 14.6. The summed E-state index contributed by atoms with van der Waals surface area (Å²) in [4.78, 5) is 6.84. The molecule has 0 bridgehead atoms. The Kier molecular flexibility index (Phi) is 4.49. The second-order valence-corrected chi connectivity index (χ2v) is 5.88. The summed E-state index contributed by atoms with van der Waals surface area (Å²) < 4.78 is 37.1. The van der Waals surface area contributed by atoms with Gasteiger partial charge in [0.1, 0.15) is 5.82 Å². The standard InChI is InChI=1S/C14H14FNO3S/c1-11-7-8-13(15)9-14(11)20(17,18)16-19-10-12-5-3-2-4-6-12/h2-9,16H,10H2,1H3. The number of nitrogens with one attached hydrogen (secondary N) is 1. The summed E-state index contributed by atoms with van der Waals surface area (Å²) in [5.41, 5.74) is 1.27. The van der Waals surface area contributed by atoms with Gasteiger partial charge in [0.05, 0.1) is 11.5 Å². The normalized spacial score (nSPS) is 11.5. The molecular formula is C14H14FNO3S. The van der Waals surface area contributed by atoms with Gasteiger partial charge in [0.25, 0.3) is 10.0 Å². The van der Waals surface area contributed by atoms with Crippen molar-refractivity contribution < 1.29 is 17.6 Å². The Morgan fingerprint density at radius 3 is 2.55 bits per heavy atom. The average molecular weight is 295 g/mol. The zero-order valence-corrected chi connectivity index (χ0v) is 11.7. The maximum Gasteiger partial charge on any atom is 0.262 e. The molecule has 2 aromatic carbocycles. The van der Waals surface area contributed by atoms with Crippen molar-refractivity contribution in [1.29, 1.82) is 0 Å². The van der Waals surface area contributed by atoms with E-state index in [9.17, 15) is 12.8 Å². The van der Waals surface area contributed by atoms with Crippen molar-refractivity contribution in [1.82, 2.24) is 4.89 Å².